The van der Waals surface area contributed by atoms with E-state index in [1.54, 1.807) is 18.2 Å². The van der Waals surface area contributed by atoms with Gasteiger partial charge in [0.2, 0.25) is 11.1 Å². The van der Waals surface area contributed by atoms with E-state index >= 15 is 0 Å². The molecule has 3 rings (SSSR count). The first-order chi connectivity index (χ1) is 10.5. The highest BCUT2D eigenvalue weighted by Gasteiger charge is 2.13. The molecule has 0 unspecified atom stereocenters. The molecule has 0 atom stereocenters. The number of benzene rings is 1. The summed E-state index contributed by atoms with van der Waals surface area (Å²) in [7, 11) is 0. The SMILES string of the molecule is Nn1cnn2c(SCC(=O)Nc3cc(Cl)cc(Cl)c3)nnc12. The smallest absolute Gasteiger partial charge is 0.273 e. The zero-order valence-electron chi connectivity index (χ0n) is 10.9. The summed E-state index contributed by atoms with van der Waals surface area (Å²) in [6, 6.07) is 4.81. The second kappa shape index (κ2) is 6.03. The lowest BCUT2D eigenvalue weighted by Crippen LogP contribution is -2.14. The number of nitrogen functional groups attached to an aromatic ring is 1. The largest absolute Gasteiger partial charge is 0.335 e. The number of carbonyl (C=O) groups excluding carboxylic acids is 1. The number of nitrogens with zero attached hydrogens (tertiary/aromatic N) is 5. The normalized spacial score (nSPS) is 11.0. The monoisotopic (exact) mass is 357 g/mol. The Bertz CT molecular complexity index is 826. The van der Waals surface area contributed by atoms with Gasteiger partial charge in [0.1, 0.15) is 6.33 Å². The van der Waals surface area contributed by atoms with Crippen LogP contribution in [0.25, 0.3) is 5.78 Å². The molecule has 22 heavy (non-hydrogen) atoms. The number of fused-ring (bicyclic) bond motifs is 1. The molecule has 8 nitrogen and oxygen atoms in total. The van der Waals surface area contributed by atoms with Crippen LogP contribution in [0.15, 0.2) is 29.7 Å². The second-order valence-corrected chi connectivity index (χ2v) is 6.04. The van der Waals surface area contributed by atoms with Crippen LogP contribution in [-0.4, -0.2) is 36.1 Å². The van der Waals surface area contributed by atoms with E-state index in [2.05, 4.69) is 20.6 Å². The van der Waals surface area contributed by atoms with Crippen molar-refractivity contribution in [2.24, 2.45) is 0 Å². The highest BCUT2D eigenvalue weighted by molar-refractivity contribution is 7.99. The third kappa shape index (κ3) is 3.11. The first-order valence-electron chi connectivity index (χ1n) is 5.95. The molecule has 1 aromatic carbocycles. The molecular formula is C11H9Cl2N7OS. The van der Waals surface area contributed by atoms with Crippen LogP contribution in [0.2, 0.25) is 10.0 Å². The van der Waals surface area contributed by atoms with Crippen LogP contribution in [0.3, 0.4) is 0 Å². The van der Waals surface area contributed by atoms with E-state index in [1.165, 1.54) is 27.3 Å². The van der Waals surface area contributed by atoms with E-state index in [9.17, 15) is 4.79 Å². The highest BCUT2D eigenvalue weighted by Crippen LogP contribution is 2.23. The molecule has 2 heterocycles. The number of aromatic nitrogens is 5. The zero-order chi connectivity index (χ0) is 15.7. The average Bonchev–Trinajstić information content (AvgIpc) is 2.99. The van der Waals surface area contributed by atoms with Crippen LogP contribution >= 0.6 is 35.0 Å². The van der Waals surface area contributed by atoms with E-state index in [0.29, 0.717) is 26.7 Å². The van der Waals surface area contributed by atoms with Gasteiger partial charge in [-0.15, -0.1) is 10.2 Å². The summed E-state index contributed by atoms with van der Waals surface area (Å²) >= 11 is 12.9. The number of thioether (sulfide) groups is 1. The van der Waals surface area contributed by atoms with Gasteiger partial charge in [0.15, 0.2) is 0 Å². The van der Waals surface area contributed by atoms with Crippen LogP contribution in [0.4, 0.5) is 5.69 Å². The van der Waals surface area contributed by atoms with Crippen LogP contribution in [-0.2, 0) is 4.79 Å². The molecule has 0 spiro atoms. The van der Waals surface area contributed by atoms with E-state index < -0.39 is 0 Å². The molecule has 0 fully saturated rings. The van der Waals surface area contributed by atoms with Crippen molar-refractivity contribution in [2.45, 2.75) is 5.16 Å². The molecule has 0 saturated heterocycles. The van der Waals surface area contributed by atoms with Gasteiger partial charge < -0.3 is 11.2 Å². The number of hydrogen-bond acceptors (Lipinski definition) is 6. The third-order valence-corrected chi connectivity index (χ3v) is 3.95. The Kier molecular flexibility index (Phi) is 4.10. The molecule has 3 aromatic rings. The summed E-state index contributed by atoms with van der Waals surface area (Å²) in [6.07, 6.45) is 1.40. The Morgan fingerprint density at radius 1 is 1.27 bits per heavy atom. The summed E-state index contributed by atoms with van der Waals surface area (Å²) in [5, 5.41) is 15.9. The van der Waals surface area contributed by atoms with Crippen LogP contribution < -0.4 is 11.2 Å². The van der Waals surface area contributed by atoms with Crippen LogP contribution in [0.5, 0.6) is 0 Å². The van der Waals surface area contributed by atoms with Gasteiger partial charge >= 0.3 is 0 Å². The number of anilines is 1. The number of carbonyl (C=O) groups is 1. The third-order valence-electron chi connectivity index (χ3n) is 2.60. The maximum atomic E-state index is 11.9. The first kappa shape index (κ1) is 14.9. The quantitative estimate of drug-likeness (QED) is 0.543. The number of amides is 1. The summed E-state index contributed by atoms with van der Waals surface area (Å²) in [5.41, 5.74) is 0.528. The van der Waals surface area contributed by atoms with Gasteiger partial charge in [-0.25, -0.2) is 4.68 Å². The molecule has 2 aromatic heterocycles. The van der Waals surface area contributed by atoms with Gasteiger partial charge in [0, 0.05) is 15.7 Å². The average molecular weight is 358 g/mol. The Morgan fingerprint density at radius 3 is 2.73 bits per heavy atom. The maximum absolute atomic E-state index is 11.9. The summed E-state index contributed by atoms with van der Waals surface area (Å²) in [5.74, 6) is 5.88. The summed E-state index contributed by atoms with van der Waals surface area (Å²) in [6.45, 7) is 0. The predicted octanol–water partition coefficient (Wildman–Crippen LogP) is 1.68. The zero-order valence-corrected chi connectivity index (χ0v) is 13.2. The minimum atomic E-state index is -0.229. The van der Waals surface area contributed by atoms with Crippen molar-refractivity contribution in [1.82, 2.24) is 24.5 Å². The van der Waals surface area contributed by atoms with Crippen molar-refractivity contribution >= 4 is 52.3 Å². The molecule has 11 heteroatoms. The van der Waals surface area contributed by atoms with E-state index in [0.717, 1.165) is 0 Å². The molecular weight excluding hydrogens is 349 g/mol. The van der Waals surface area contributed by atoms with Crippen molar-refractivity contribution in [3.8, 4) is 0 Å². The summed E-state index contributed by atoms with van der Waals surface area (Å²) in [4.78, 5) is 11.9. The predicted molar refractivity (Wildman–Crippen MR) is 84.7 cm³/mol. The van der Waals surface area contributed by atoms with Gasteiger partial charge in [0.05, 0.1) is 5.75 Å². The number of nitrogens with two attached hydrogens (primary N) is 1. The van der Waals surface area contributed by atoms with Crippen molar-refractivity contribution in [3.63, 3.8) is 0 Å². The van der Waals surface area contributed by atoms with Crippen molar-refractivity contribution < 1.29 is 4.79 Å². The number of hydrogen-bond donors (Lipinski definition) is 2. The van der Waals surface area contributed by atoms with Crippen LogP contribution in [0, 0.1) is 0 Å². The molecule has 0 bridgehead atoms. The fourth-order valence-corrected chi connectivity index (χ4v) is 2.93. The highest BCUT2D eigenvalue weighted by atomic mass is 35.5. The van der Waals surface area contributed by atoms with E-state index in [1.807, 2.05) is 0 Å². The lowest BCUT2D eigenvalue weighted by Gasteiger charge is -2.05. The van der Waals surface area contributed by atoms with E-state index in [4.69, 9.17) is 29.0 Å². The van der Waals surface area contributed by atoms with Crippen molar-refractivity contribution in [2.75, 3.05) is 16.9 Å². The maximum Gasteiger partial charge on any atom is 0.273 e. The summed E-state index contributed by atoms with van der Waals surface area (Å²) < 4.78 is 2.69. The Morgan fingerprint density at radius 2 is 2.00 bits per heavy atom. The Balaban J connectivity index is 1.64. The second-order valence-electron chi connectivity index (χ2n) is 4.23. The van der Waals surface area contributed by atoms with Crippen LogP contribution in [0.1, 0.15) is 0 Å². The lowest BCUT2D eigenvalue weighted by molar-refractivity contribution is -0.113. The number of nitrogens with one attached hydrogen (secondary N) is 1. The molecule has 0 aliphatic heterocycles. The van der Waals surface area contributed by atoms with Gasteiger partial charge in [0.25, 0.3) is 5.78 Å². The van der Waals surface area contributed by atoms with Gasteiger partial charge in [-0.3, -0.25) is 4.79 Å². The Hall–Kier alpha value is -1.97. The first-order valence-corrected chi connectivity index (χ1v) is 7.69. The number of rotatable bonds is 4. The topological polar surface area (TPSA) is 103 Å². The molecule has 0 saturated carbocycles. The van der Waals surface area contributed by atoms with E-state index in [-0.39, 0.29) is 11.7 Å². The van der Waals surface area contributed by atoms with Gasteiger partial charge in [-0.05, 0) is 18.2 Å². The molecule has 1 amide bonds. The lowest BCUT2D eigenvalue weighted by atomic mass is 10.3. The van der Waals surface area contributed by atoms with Gasteiger partial charge in [-0.1, -0.05) is 35.0 Å². The van der Waals surface area contributed by atoms with Crippen molar-refractivity contribution in [3.05, 3.63) is 34.6 Å². The molecule has 0 radical (unpaired) electrons. The minimum Gasteiger partial charge on any atom is -0.335 e. The van der Waals surface area contributed by atoms with Crippen molar-refractivity contribution in [1.29, 1.82) is 0 Å². The number of halogens is 2. The molecule has 3 N–H and O–H groups in total. The minimum absolute atomic E-state index is 0.127. The Labute approximate surface area is 138 Å². The van der Waals surface area contributed by atoms with Gasteiger partial charge in [-0.2, -0.15) is 9.61 Å². The fraction of sp³-hybridized carbons (Fsp3) is 0.0909. The fourth-order valence-electron chi connectivity index (χ4n) is 1.72. The molecule has 114 valence electrons. The molecule has 0 aliphatic rings. The molecule has 0 aliphatic carbocycles. The standard InChI is InChI=1S/C11H9Cl2N7OS/c12-6-1-7(13)3-8(2-6)16-9(21)4-22-11-18-17-10-19(14)5-15-20(10)11/h1-3,5H,4,14H2,(H,16,21).